The van der Waals surface area contributed by atoms with Crippen molar-refractivity contribution in [2.75, 3.05) is 28.6 Å². The average Bonchev–Trinajstić information content (AvgIpc) is 2.77. The summed E-state index contributed by atoms with van der Waals surface area (Å²) in [5.74, 6) is 0.924. The van der Waals surface area contributed by atoms with Crippen molar-refractivity contribution in [1.29, 1.82) is 0 Å². The number of halogens is 2. The lowest BCUT2D eigenvalue weighted by atomic mass is 10.1. The zero-order valence-electron chi connectivity index (χ0n) is 16.2. The smallest absolute Gasteiger partial charge is 0.323 e. The van der Waals surface area contributed by atoms with Gasteiger partial charge in [0.25, 0.3) is 0 Å². The minimum atomic E-state index is -0.405. The number of nitrogens with one attached hydrogen (secondary N) is 2. The van der Waals surface area contributed by atoms with E-state index in [1.165, 1.54) is 19.3 Å². The van der Waals surface area contributed by atoms with Crippen LogP contribution in [-0.4, -0.2) is 29.3 Å². The molecule has 2 amide bonds. The molecule has 4 rings (SSSR count). The fourth-order valence-corrected chi connectivity index (χ4v) is 3.71. The van der Waals surface area contributed by atoms with E-state index in [-0.39, 0.29) is 0 Å². The highest BCUT2D eigenvalue weighted by Crippen LogP contribution is 2.26. The van der Waals surface area contributed by atoms with Crippen LogP contribution >= 0.6 is 23.2 Å². The van der Waals surface area contributed by atoms with E-state index in [0.29, 0.717) is 21.4 Å². The minimum absolute atomic E-state index is 0.405. The van der Waals surface area contributed by atoms with E-state index < -0.39 is 6.03 Å². The van der Waals surface area contributed by atoms with E-state index in [0.717, 1.165) is 30.2 Å². The largest absolute Gasteiger partial charge is 0.355 e. The fourth-order valence-electron chi connectivity index (χ4n) is 3.37. The predicted octanol–water partition coefficient (Wildman–Crippen LogP) is 6.08. The molecule has 2 N–H and O–H groups in total. The van der Waals surface area contributed by atoms with Crippen molar-refractivity contribution in [3.05, 3.63) is 64.6 Å². The fraction of sp³-hybridized carbons (Fsp3) is 0.227. The van der Waals surface area contributed by atoms with Crippen molar-refractivity contribution >= 4 is 46.4 Å². The summed E-state index contributed by atoms with van der Waals surface area (Å²) >= 11 is 12.0. The Bertz CT molecular complexity index is 1020. The molecule has 30 heavy (non-hydrogen) atoms. The number of anilines is 3. The lowest BCUT2D eigenvalue weighted by Gasteiger charge is -2.27. The van der Waals surface area contributed by atoms with Gasteiger partial charge in [0.2, 0.25) is 0 Å². The third-order valence-electron chi connectivity index (χ3n) is 4.95. The third kappa shape index (κ3) is 5.01. The number of hydrogen-bond donors (Lipinski definition) is 2. The van der Waals surface area contributed by atoms with Gasteiger partial charge in [-0.25, -0.2) is 4.79 Å². The summed E-state index contributed by atoms with van der Waals surface area (Å²) < 4.78 is 0. The second-order valence-electron chi connectivity index (χ2n) is 7.11. The van der Waals surface area contributed by atoms with E-state index in [1.807, 2.05) is 36.4 Å². The lowest BCUT2D eigenvalue weighted by molar-refractivity contribution is 0.262. The number of piperidine rings is 1. The van der Waals surface area contributed by atoms with Crippen molar-refractivity contribution in [3.8, 4) is 11.3 Å². The Morgan fingerprint density at radius 2 is 1.63 bits per heavy atom. The molecule has 1 aliphatic heterocycles. The van der Waals surface area contributed by atoms with Crippen molar-refractivity contribution in [1.82, 2.24) is 10.2 Å². The zero-order chi connectivity index (χ0) is 20.9. The van der Waals surface area contributed by atoms with E-state index in [1.54, 1.807) is 18.2 Å². The number of nitrogens with zero attached hydrogens (tertiary/aromatic N) is 3. The van der Waals surface area contributed by atoms with Crippen LogP contribution in [0.3, 0.4) is 0 Å². The summed E-state index contributed by atoms with van der Waals surface area (Å²) in [6.07, 6.45) is 3.69. The van der Waals surface area contributed by atoms with Crippen LogP contribution in [0.2, 0.25) is 10.0 Å². The Morgan fingerprint density at radius 1 is 0.867 bits per heavy atom. The molecule has 0 spiro atoms. The molecule has 3 aromatic rings. The number of amides is 2. The molecule has 1 aliphatic rings. The van der Waals surface area contributed by atoms with Gasteiger partial charge in [-0.15, -0.1) is 10.2 Å². The van der Waals surface area contributed by atoms with Crippen LogP contribution in [0.4, 0.5) is 22.0 Å². The van der Waals surface area contributed by atoms with Crippen LogP contribution in [-0.2, 0) is 0 Å². The number of carbonyl (C=O) groups is 1. The van der Waals surface area contributed by atoms with Crippen LogP contribution in [0, 0.1) is 0 Å². The molecule has 0 aliphatic carbocycles. The summed E-state index contributed by atoms with van der Waals surface area (Å²) in [7, 11) is 0. The Morgan fingerprint density at radius 3 is 2.33 bits per heavy atom. The SMILES string of the molecule is O=C(Nc1ccc(-c2ccc(N3CCCCC3)nn2)cc1)Nc1cc(Cl)ccc1Cl. The molecule has 2 aromatic carbocycles. The van der Waals surface area contributed by atoms with Gasteiger partial charge in [0.15, 0.2) is 5.82 Å². The first-order chi connectivity index (χ1) is 14.6. The van der Waals surface area contributed by atoms with Gasteiger partial charge < -0.3 is 15.5 Å². The topological polar surface area (TPSA) is 70.2 Å². The molecule has 6 nitrogen and oxygen atoms in total. The maximum atomic E-state index is 12.2. The number of urea groups is 1. The highest BCUT2D eigenvalue weighted by molar-refractivity contribution is 6.35. The number of aromatic nitrogens is 2. The molecule has 0 bridgehead atoms. The van der Waals surface area contributed by atoms with Crippen LogP contribution in [0.15, 0.2) is 54.6 Å². The van der Waals surface area contributed by atoms with Crippen molar-refractivity contribution in [3.63, 3.8) is 0 Å². The third-order valence-corrected chi connectivity index (χ3v) is 5.51. The summed E-state index contributed by atoms with van der Waals surface area (Å²) in [6.45, 7) is 2.08. The van der Waals surface area contributed by atoms with Crippen LogP contribution < -0.4 is 15.5 Å². The number of benzene rings is 2. The molecule has 1 aromatic heterocycles. The van der Waals surface area contributed by atoms with Crippen LogP contribution in [0.5, 0.6) is 0 Å². The van der Waals surface area contributed by atoms with Gasteiger partial charge >= 0.3 is 6.03 Å². The van der Waals surface area contributed by atoms with E-state index in [2.05, 4.69) is 25.7 Å². The first-order valence-corrected chi connectivity index (χ1v) is 10.6. The molecular weight excluding hydrogens is 421 g/mol. The van der Waals surface area contributed by atoms with E-state index in [4.69, 9.17) is 23.2 Å². The van der Waals surface area contributed by atoms with Gasteiger partial charge in [-0.05, 0) is 61.7 Å². The zero-order valence-corrected chi connectivity index (χ0v) is 17.7. The normalized spacial score (nSPS) is 13.7. The monoisotopic (exact) mass is 441 g/mol. The molecule has 2 heterocycles. The second-order valence-corrected chi connectivity index (χ2v) is 7.95. The quantitative estimate of drug-likeness (QED) is 0.514. The molecule has 8 heteroatoms. The van der Waals surface area contributed by atoms with Crippen molar-refractivity contribution in [2.24, 2.45) is 0 Å². The Balaban J connectivity index is 1.39. The van der Waals surface area contributed by atoms with Gasteiger partial charge in [0.1, 0.15) is 0 Å². The summed E-state index contributed by atoms with van der Waals surface area (Å²) in [5, 5.41) is 15.1. The summed E-state index contributed by atoms with van der Waals surface area (Å²) in [5.41, 5.74) is 2.81. The molecular formula is C22H21Cl2N5O. The Labute approximate surface area is 185 Å². The first-order valence-electron chi connectivity index (χ1n) is 9.81. The van der Waals surface area contributed by atoms with Gasteiger partial charge in [0, 0.05) is 29.4 Å². The maximum absolute atomic E-state index is 12.2. The first kappa shape index (κ1) is 20.4. The number of hydrogen-bond acceptors (Lipinski definition) is 4. The van der Waals surface area contributed by atoms with Crippen molar-refractivity contribution < 1.29 is 4.79 Å². The van der Waals surface area contributed by atoms with Crippen molar-refractivity contribution in [2.45, 2.75) is 19.3 Å². The molecule has 154 valence electrons. The second kappa shape index (κ2) is 9.32. The van der Waals surface area contributed by atoms with Gasteiger partial charge in [-0.3, -0.25) is 0 Å². The van der Waals surface area contributed by atoms with Crippen LogP contribution in [0.1, 0.15) is 19.3 Å². The standard InChI is InChI=1S/C22H21Cl2N5O/c23-16-6-9-18(24)20(14-16)26-22(30)25-17-7-4-15(5-8-17)19-10-11-21(28-27-19)29-12-2-1-3-13-29/h4-11,14H,1-3,12-13H2,(H2,25,26,30). The van der Waals surface area contributed by atoms with E-state index >= 15 is 0 Å². The molecule has 1 fully saturated rings. The highest BCUT2D eigenvalue weighted by atomic mass is 35.5. The number of rotatable bonds is 4. The number of carbonyl (C=O) groups excluding carboxylic acids is 1. The molecule has 0 unspecified atom stereocenters. The molecule has 0 radical (unpaired) electrons. The highest BCUT2D eigenvalue weighted by Gasteiger charge is 2.13. The Kier molecular flexibility index (Phi) is 6.35. The maximum Gasteiger partial charge on any atom is 0.323 e. The van der Waals surface area contributed by atoms with E-state index in [9.17, 15) is 4.79 Å². The molecule has 1 saturated heterocycles. The molecule has 0 atom stereocenters. The van der Waals surface area contributed by atoms with Gasteiger partial charge in [-0.2, -0.15) is 0 Å². The molecule has 0 saturated carbocycles. The minimum Gasteiger partial charge on any atom is -0.355 e. The van der Waals surface area contributed by atoms with Crippen LogP contribution in [0.25, 0.3) is 11.3 Å². The lowest BCUT2D eigenvalue weighted by Crippen LogP contribution is -2.30. The van der Waals surface area contributed by atoms with Gasteiger partial charge in [-0.1, -0.05) is 35.3 Å². The summed E-state index contributed by atoms with van der Waals surface area (Å²) in [4.78, 5) is 14.5. The predicted molar refractivity (Wildman–Crippen MR) is 123 cm³/mol. The van der Waals surface area contributed by atoms with Gasteiger partial charge in [0.05, 0.1) is 16.4 Å². The average molecular weight is 442 g/mol. The summed E-state index contributed by atoms with van der Waals surface area (Å²) in [6, 6.07) is 15.9. The Hall–Kier alpha value is -2.83.